The Morgan fingerprint density at radius 3 is 2.49 bits per heavy atom. The number of hydrogen-bond acceptors (Lipinski definition) is 6. The van der Waals surface area contributed by atoms with E-state index >= 15 is 0 Å². The van der Waals surface area contributed by atoms with Crippen LogP contribution in [0.15, 0.2) is 54.6 Å². The Kier molecular flexibility index (Phi) is 7.74. The summed E-state index contributed by atoms with van der Waals surface area (Å²) in [6.07, 6.45) is -3.18. The van der Waals surface area contributed by atoms with Crippen LogP contribution in [0.3, 0.4) is 0 Å². The SMILES string of the molecule is COc1cc(C=C(C#N)c2nc3ccc(C)cc3[nH]2)ccc1Oc1ccc(C(F)(F)F)cc1[N+](=O)[O-].Cl. The fourth-order valence-electron chi connectivity index (χ4n) is 3.47. The van der Waals surface area contributed by atoms with Crippen LogP contribution >= 0.6 is 12.4 Å². The molecular formula is C25H18ClF3N4O4. The van der Waals surface area contributed by atoms with Crippen molar-refractivity contribution >= 4 is 40.8 Å². The summed E-state index contributed by atoms with van der Waals surface area (Å²) in [7, 11) is 1.34. The van der Waals surface area contributed by atoms with Crippen molar-refractivity contribution in [3.63, 3.8) is 0 Å². The van der Waals surface area contributed by atoms with Crippen LogP contribution < -0.4 is 9.47 Å². The molecule has 37 heavy (non-hydrogen) atoms. The van der Waals surface area contributed by atoms with E-state index in [1.165, 1.54) is 19.2 Å². The van der Waals surface area contributed by atoms with Crippen LogP contribution in [0.25, 0.3) is 22.7 Å². The molecule has 1 N–H and O–H groups in total. The second-order valence-electron chi connectivity index (χ2n) is 7.73. The van der Waals surface area contributed by atoms with Gasteiger partial charge in [0.2, 0.25) is 5.75 Å². The van der Waals surface area contributed by atoms with Crippen LogP contribution in [0.1, 0.15) is 22.5 Å². The molecule has 0 saturated heterocycles. The first-order chi connectivity index (χ1) is 17.1. The number of hydrogen-bond donors (Lipinski definition) is 1. The number of rotatable bonds is 6. The second kappa shape index (κ2) is 10.6. The van der Waals surface area contributed by atoms with Crippen molar-refractivity contribution in [2.75, 3.05) is 7.11 Å². The molecule has 190 valence electrons. The minimum atomic E-state index is -4.74. The molecule has 3 aromatic carbocycles. The molecule has 0 amide bonds. The summed E-state index contributed by atoms with van der Waals surface area (Å²) in [6.45, 7) is 1.94. The van der Waals surface area contributed by atoms with Crippen molar-refractivity contribution in [3.8, 4) is 23.3 Å². The van der Waals surface area contributed by atoms with Crippen molar-refractivity contribution in [2.24, 2.45) is 0 Å². The van der Waals surface area contributed by atoms with Crippen LogP contribution in [-0.2, 0) is 6.18 Å². The molecule has 0 aliphatic heterocycles. The Balaban J connectivity index is 0.00000380. The van der Waals surface area contributed by atoms with Crippen molar-refractivity contribution in [1.82, 2.24) is 9.97 Å². The lowest BCUT2D eigenvalue weighted by Gasteiger charge is -2.13. The van der Waals surface area contributed by atoms with Crippen LogP contribution in [0.2, 0.25) is 0 Å². The minimum Gasteiger partial charge on any atom is -0.493 e. The van der Waals surface area contributed by atoms with Crippen molar-refractivity contribution < 1.29 is 27.6 Å². The van der Waals surface area contributed by atoms with E-state index in [0.717, 1.165) is 17.1 Å². The predicted molar refractivity (Wildman–Crippen MR) is 133 cm³/mol. The molecule has 4 aromatic rings. The van der Waals surface area contributed by atoms with Crippen molar-refractivity contribution in [1.29, 1.82) is 5.26 Å². The molecule has 8 nitrogen and oxygen atoms in total. The summed E-state index contributed by atoms with van der Waals surface area (Å²) in [5.74, 6) is 0.174. The number of aryl methyl sites for hydroxylation is 1. The van der Waals surface area contributed by atoms with Crippen LogP contribution in [0, 0.1) is 28.4 Å². The van der Waals surface area contributed by atoms with Crippen molar-refractivity contribution in [2.45, 2.75) is 13.1 Å². The Hall–Kier alpha value is -4.56. The monoisotopic (exact) mass is 530 g/mol. The van der Waals surface area contributed by atoms with Gasteiger partial charge in [-0.1, -0.05) is 12.1 Å². The van der Waals surface area contributed by atoms with Crippen LogP contribution in [0.5, 0.6) is 17.2 Å². The first kappa shape index (κ1) is 27.0. The van der Waals surface area contributed by atoms with Crippen LogP contribution in [-0.4, -0.2) is 22.0 Å². The number of nitro groups is 1. The molecular weight excluding hydrogens is 513 g/mol. The average molecular weight is 531 g/mol. The number of nitrogens with zero attached hydrogens (tertiary/aromatic N) is 3. The Bertz CT molecular complexity index is 1560. The first-order valence-corrected chi connectivity index (χ1v) is 10.4. The number of benzene rings is 3. The van der Waals surface area contributed by atoms with Gasteiger partial charge in [-0.2, -0.15) is 18.4 Å². The lowest BCUT2D eigenvalue weighted by atomic mass is 10.1. The van der Waals surface area contributed by atoms with Gasteiger partial charge >= 0.3 is 11.9 Å². The Labute approximate surface area is 214 Å². The number of nitriles is 1. The normalized spacial score (nSPS) is 11.5. The molecule has 0 fully saturated rings. The number of allylic oxidation sites excluding steroid dienone is 1. The summed E-state index contributed by atoms with van der Waals surface area (Å²) in [5.41, 5.74) is 1.30. The summed E-state index contributed by atoms with van der Waals surface area (Å²) in [6, 6.07) is 14.3. The highest BCUT2D eigenvalue weighted by molar-refractivity contribution is 5.90. The van der Waals surface area contributed by atoms with E-state index in [1.54, 1.807) is 12.1 Å². The molecule has 12 heteroatoms. The maximum Gasteiger partial charge on any atom is 0.416 e. The highest BCUT2D eigenvalue weighted by Crippen LogP contribution is 2.40. The molecule has 0 aliphatic carbocycles. The van der Waals surface area contributed by atoms with Gasteiger partial charge in [-0.3, -0.25) is 10.1 Å². The lowest BCUT2D eigenvalue weighted by Crippen LogP contribution is -2.06. The number of aromatic nitrogens is 2. The third-order valence-electron chi connectivity index (χ3n) is 5.21. The number of alkyl halides is 3. The van der Waals surface area contributed by atoms with E-state index in [4.69, 9.17) is 9.47 Å². The molecule has 0 radical (unpaired) electrons. The highest BCUT2D eigenvalue weighted by atomic mass is 35.5. The zero-order valence-electron chi connectivity index (χ0n) is 19.3. The lowest BCUT2D eigenvalue weighted by molar-refractivity contribution is -0.385. The van der Waals surface area contributed by atoms with Crippen molar-refractivity contribution in [3.05, 3.63) is 87.2 Å². The van der Waals surface area contributed by atoms with E-state index in [0.29, 0.717) is 29.0 Å². The van der Waals surface area contributed by atoms with E-state index < -0.39 is 22.4 Å². The number of aromatic amines is 1. The number of ether oxygens (including phenoxy) is 2. The number of H-pyrrole nitrogens is 1. The van der Waals surface area contributed by atoms with Gasteiger partial charge in [-0.15, -0.1) is 12.4 Å². The molecule has 0 saturated carbocycles. The maximum absolute atomic E-state index is 13.0. The highest BCUT2D eigenvalue weighted by Gasteiger charge is 2.33. The fourth-order valence-corrected chi connectivity index (χ4v) is 3.47. The number of halogens is 4. The quantitative estimate of drug-likeness (QED) is 0.162. The average Bonchev–Trinajstić information content (AvgIpc) is 3.25. The summed E-state index contributed by atoms with van der Waals surface area (Å²) < 4.78 is 49.8. The second-order valence-corrected chi connectivity index (χ2v) is 7.73. The van der Waals surface area contributed by atoms with Gasteiger partial charge in [0.1, 0.15) is 11.9 Å². The zero-order valence-corrected chi connectivity index (χ0v) is 20.1. The first-order valence-electron chi connectivity index (χ1n) is 10.4. The number of methoxy groups -OCH3 is 1. The molecule has 1 heterocycles. The Morgan fingerprint density at radius 2 is 1.84 bits per heavy atom. The number of nitro benzene ring substituents is 1. The van der Waals surface area contributed by atoms with E-state index in [9.17, 15) is 28.5 Å². The molecule has 0 aliphatic rings. The van der Waals surface area contributed by atoms with Gasteiger partial charge in [-0.05, 0) is 60.5 Å². The largest absolute Gasteiger partial charge is 0.493 e. The molecule has 1 aromatic heterocycles. The number of fused-ring (bicyclic) bond motifs is 1. The topological polar surface area (TPSA) is 114 Å². The molecule has 4 rings (SSSR count). The third kappa shape index (κ3) is 5.82. The number of imidazole rings is 1. The van der Waals surface area contributed by atoms with Crippen LogP contribution in [0.4, 0.5) is 18.9 Å². The summed E-state index contributed by atoms with van der Waals surface area (Å²) >= 11 is 0. The van der Waals surface area contributed by atoms with E-state index in [-0.39, 0.29) is 35.2 Å². The summed E-state index contributed by atoms with van der Waals surface area (Å²) in [5, 5.41) is 21.0. The van der Waals surface area contributed by atoms with Gasteiger partial charge in [0.15, 0.2) is 11.5 Å². The van der Waals surface area contributed by atoms with Gasteiger partial charge in [-0.25, -0.2) is 4.98 Å². The van der Waals surface area contributed by atoms with Gasteiger partial charge < -0.3 is 14.5 Å². The summed E-state index contributed by atoms with van der Waals surface area (Å²) in [4.78, 5) is 17.9. The molecule has 0 spiro atoms. The molecule has 0 unspecified atom stereocenters. The fraction of sp³-hybridized carbons (Fsp3) is 0.120. The Morgan fingerprint density at radius 1 is 1.11 bits per heavy atom. The minimum absolute atomic E-state index is 0. The van der Waals surface area contributed by atoms with Gasteiger partial charge in [0.25, 0.3) is 0 Å². The standard InChI is InChI=1S/C25H17F3N4O4.ClH/c1-14-3-6-18-19(9-14)31-24(30-18)16(13-29)10-15-4-7-22(23(11-15)35-2)36-21-8-5-17(25(26,27)28)12-20(21)32(33)34;/h3-12H,1-2H3,(H,30,31);1H. The third-order valence-corrected chi connectivity index (χ3v) is 5.21. The number of nitrogens with one attached hydrogen (secondary N) is 1. The zero-order chi connectivity index (χ0) is 26.0. The smallest absolute Gasteiger partial charge is 0.416 e. The van der Waals surface area contributed by atoms with E-state index in [1.807, 2.05) is 25.1 Å². The maximum atomic E-state index is 13.0. The predicted octanol–water partition coefficient (Wildman–Crippen LogP) is 7.09. The van der Waals surface area contributed by atoms with Gasteiger partial charge in [0, 0.05) is 6.07 Å². The molecule has 0 bridgehead atoms. The molecule has 0 atom stereocenters. The van der Waals surface area contributed by atoms with E-state index in [2.05, 4.69) is 16.0 Å². The van der Waals surface area contributed by atoms with Gasteiger partial charge in [0.05, 0.1) is 34.2 Å².